The summed E-state index contributed by atoms with van der Waals surface area (Å²) in [6, 6.07) is 16.3. The molecule has 0 aliphatic rings. The van der Waals surface area contributed by atoms with E-state index in [9.17, 15) is 9.59 Å². The SMILES string of the molecule is CCC(=O)CCCCC[C@H](NC(=O)Cc1c(C)[nH]c2ccc(CC)cc12)c1ncc(-c2ccccc2)[nH]1. The fourth-order valence-corrected chi connectivity index (χ4v) is 4.86. The predicted molar refractivity (Wildman–Crippen MR) is 149 cm³/mol. The molecular formula is C31H38N4O2. The van der Waals surface area contributed by atoms with Gasteiger partial charge in [-0.2, -0.15) is 0 Å². The lowest BCUT2D eigenvalue weighted by Gasteiger charge is -2.17. The number of fused-ring (bicyclic) bond motifs is 1. The van der Waals surface area contributed by atoms with Crippen molar-refractivity contribution in [1.29, 1.82) is 0 Å². The Balaban J connectivity index is 1.48. The molecule has 0 spiro atoms. The Bertz CT molecular complexity index is 1340. The third-order valence-corrected chi connectivity index (χ3v) is 7.12. The summed E-state index contributed by atoms with van der Waals surface area (Å²) in [5.74, 6) is 1.05. The second kappa shape index (κ2) is 12.5. The third-order valence-electron chi connectivity index (χ3n) is 7.12. The summed E-state index contributed by atoms with van der Waals surface area (Å²) in [5, 5.41) is 4.37. The highest BCUT2D eigenvalue weighted by atomic mass is 16.1. The molecule has 1 atom stereocenters. The molecule has 4 aromatic rings. The third kappa shape index (κ3) is 6.76. The zero-order chi connectivity index (χ0) is 26.2. The molecule has 37 heavy (non-hydrogen) atoms. The molecule has 2 aromatic heterocycles. The number of imidazole rings is 1. The first-order chi connectivity index (χ1) is 18.0. The summed E-state index contributed by atoms with van der Waals surface area (Å²) in [5.41, 5.74) is 6.39. The number of hydrogen-bond donors (Lipinski definition) is 3. The second-order valence-corrected chi connectivity index (χ2v) is 9.80. The smallest absolute Gasteiger partial charge is 0.225 e. The first-order valence-electron chi connectivity index (χ1n) is 13.5. The standard InChI is InChI=1S/C31H38N4O2/c1-4-22-16-17-27-26(18-22)25(21(3)33-27)19-30(37)34-28(15-11-7-10-14-24(36)5-2)31-32-20-29(35-31)23-12-8-6-9-13-23/h6,8-9,12-13,16-18,20,28,33H,4-5,7,10-11,14-15,19H2,1-3H3,(H,32,35)(H,34,37)/t28-/m0/s1. The number of carbonyl (C=O) groups is 2. The number of nitrogens with zero attached hydrogens (tertiary/aromatic N) is 1. The highest BCUT2D eigenvalue weighted by Gasteiger charge is 2.20. The summed E-state index contributed by atoms with van der Waals surface area (Å²) in [4.78, 5) is 36.5. The van der Waals surface area contributed by atoms with Gasteiger partial charge in [0.15, 0.2) is 0 Å². The van der Waals surface area contributed by atoms with Crippen molar-refractivity contribution in [1.82, 2.24) is 20.3 Å². The largest absolute Gasteiger partial charge is 0.358 e. The van der Waals surface area contributed by atoms with Crippen molar-refractivity contribution in [2.75, 3.05) is 0 Å². The van der Waals surface area contributed by atoms with Gasteiger partial charge < -0.3 is 15.3 Å². The van der Waals surface area contributed by atoms with Gasteiger partial charge in [0, 0.05) is 29.4 Å². The number of nitrogens with one attached hydrogen (secondary N) is 3. The molecule has 2 heterocycles. The molecule has 4 rings (SSSR count). The van der Waals surface area contributed by atoms with Crippen LogP contribution in [0.1, 0.15) is 81.1 Å². The van der Waals surface area contributed by atoms with E-state index in [1.807, 2.05) is 50.4 Å². The minimum atomic E-state index is -0.219. The van der Waals surface area contributed by atoms with Crippen molar-refractivity contribution in [3.05, 3.63) is 77.4 Å². The Labute approximate surface area is 219 Å². The Morgan fingerprint density at radius 1 is 1.00 bits per heavy atom. The molecule has 194 valence electrons. The molecule has 3 N–H and O–H groups in total. The van der Waals surface area contributed by atoms with Crippen LogP contribution < -0.4 is 5.32 Å². The van der Waals surface area contributed by atoms with Gasteiger partial charge in [0.25, 0.3) is 0 Å². The first-order valence-corrected chi connectivity index (χ1v) is 13.5. The van der Waals surface area contributed by atoms with Gasteiger partial charge in [-0.25, -0.2) is 4.98 Å². The number of aryl methyl sites for hydroxylation is 2. The highest BCUT2D eigenvalue weighted by molar-refractivity contribution is 5.90. The van der Waals surface area contributed by atoms with Gasteiger partial charge in [-0.3, -0.25) is 9.59 Å². The number of unbranched alkanes of at least 4 members (excludes halogenated alkanes) is 2. The summed E-state index contributed by atoms with van der Waals surface area (Å²) < 4.78 is 0. The molecule has 0 saturated heterocycles. The summed E-state index contributed by atoms with van der Waals surface area (Å²) in [6.45, 7) is 6.08. The number of benzene rings is 2. The van der Waals surface area contributed by atoms with E-state index in [1.165, 1.54) is 5.56 Å². The molecule has 0 fully saturated rings. The van der Waals surface area contributed by atoms with Gasteiger partial charge >= 0.3 is 0 Å². The van der Waals surface area contributed by atoms with Crippen LogP contribution in [0, 0.1) is 6.92 Å². The average molecular weight is 499 g/mol. The van der Waals surface area contributed by atoms with Crippen molar-refractivity contribution < 1.29 is 9.59 Å². The van der Waals surface area contributed by atoms with Crippen molar-refractivity contribution in [2.24, 2.45) is 0 Å². The molecule has 0 aliphatic heterocycles. The molecule has 0 aliphatic carbocycles. The van der Waals surface area contributed by atoms with E-state index in [-0.39, 0.29) is 11.9 Å². The normalized spacial score (nSPS) is 12.1. The lowest BCUT2D eigenvalue weighted by Crippen LogP contribution is -2.30. The number of Topliss-reactive ketones (excluding diaryl/α,β-unsaturated/α-hetero) is 1. The Morgan fingerprint density at radius 3 is 2.57 bits per heavy atom. The number of rotatable bonds is 13. The maximum absolute atomic E-state index is 13.3. The lowest BCUT2D eigenvalue weighted by atomic mass is 10.0. The average Bonchev–Trinajstić information content (AvgIpc) is 3.53. The van der Waals surface area contributed by atoms with E-state index in [0.29, 0.717) is 25.0 Å². The van der Waals surface area contributed by atoms with Gasteiger partial charge in [0.05, 0.1) is 24.4 Å². The van der Waals surface area contributed by atoms with Crippen LogP contribution in [0.25, 0.3) is 22.2 Å². The number of carbonyl (C=O) groups excluding carboxylic acids is 2. The molecule has 0 unspecified atom stereocenters. The Hall–Kier alpha value is -3.67. The van der Waals surface area contributed by atoms with Crippen LogP contribution in [0.4, 0.5) is 0 Å². The maximum Gasteiger partial charge on any atom is 0.225 e. The van der Waals surface area contributed by atoms with E-state index in [4.69, 9.17) is 0 Å². The van der Waals surface area contributed by atoms with Gasteiger partial charge in [-0.1, -0.05) is 63.1 Å². The summed E-state index contributed by atoms with van der Waals surface area (Å²) in [7, 11) is 0. The van der Waals surface area contributed by atoms with Crippen LogP contribution in [0.5, 0.6) is 0 Å². The first kappa shape index (κ1) is 26.4. The molecular weight excluding hydrogens is 460 g/mol. The molecule has 6 heteroatoms. The van der Waals surface area contributed by atoms with Crippen LogP contribution in [0.2, 0.25) is 0 Å². The zero-order valence-corrected chi connectivity index (χ0v) is 22.2. The van der Waals surface area contributed by atoms with Crippen LogP contribution in [0.3, 0.4) is 0 Å². The second-order valence-electron chi connectivity index (χ2n) is 9.80. The van der Waals surface area contributed by atoms with Crippen molar-refractivity contribution >= 4 is 22.6 Å². The topological polar surface area (TPSA) is 90.6 Å². The molecule has 2 aromatic carbocycles. The van der Waals surface area contributed by atoms with Crippen molar-refractivity contribution in [3.8, 4) is 11.3 Å². The molecule has 0 radical (unpaired) electrons. The Morgan fingerprint density at radius 2 is 1.81 bits per heavy atom. The fraction of sp³-hybridized carbons (Fsp3) is 0.387. The minimum Gasteiger partial charge on any atom is -0.358 e. The summed E-state index contributed by atoms with van der Waals surface area (Å²) in [6.07, 6.45) is 7.84. The van der Waals surface area contributed by atoms with Gasteiger partial charge in [-0.15, -0.1) is 0 Å². The van der Waals surface area contributed by atoms with Gasteiger partial charge in [0.1, 0.15) is 11.6 Å². The van der Waals surface area contributed by atoms with E-state index in [2.05, 4.69) is 45.4 Å². The van der Waals surface area contributed by atoms with Gasteiger partial charge in [-0.05, 0) is 55.0 Å². The van der Waals surface area contributed by atoms with E-state index in [0.717, 1.165) is 71.3 Å². The lowest BCUT2D eigenvalue weighted by molar-refractivity contribution is -0.121. The number of aromatic nitrogens is 3. The number of aromatic amines is 2. The molecule has 1 amide bonds. The monoisotopic (exact) mass is 498 g/mol. The molecule has 6 nitrogen and oxygen atoms in total. The fourth-order valence-electron chi connectivity index (χ4n) is 4.86. The van der Waals surface area contributed by atoms with Crippen molar-refractivity contribution in [3.63, 3.8) is 0 Å². The number of amides is 1. The summed E-state index contributed by atoms with van der Waals surface area (Å²) >= 11 is 0. The van der Waals surface area contributed by atoms with E-state index >= 15 is 0 Å². The number of hydrogen-bond acceptors (Lipinski definition) is 3. The maximum atomic E-state index is 13.3. The molecule has 0 bridgehead atoms. The highest BCUT2D eigenvalue weighted by Crippen LogP contribution is 2.26. The minimum absolute atomic E-state index is 0.0188. The van der Waals surface area contributed by atoms with Crippen molar-refractivity contribution in [2.45, 2.75) is 78.2 Å². The number of ketones is 1. The number of H-pyrrole nitrogens is 2. The predicted octanol–water partition coefficient (Wildman–Crippen LogP) is 6.76. The Kier molecular flexibility index (Phi) is 8.94. The van der Waals surface area contributed by atoms with Crippen LogP contribution in [0.15, 0.2) is 54.7 Å². The van der Waals surface area contributed by atoms with Crippen LogP contribution >= 0.6 is 0 Å². The van der Waals surface area contributed by atoms with Crippen LogP contribution in [-0.2, 0) is 22.4 Å². The zero-order valence-electron chi connectivity index (χ0n) is 22.2. The molecule has 0 saturated carbocycles. The van der Waals surface area contributed by atoms with E-state index < -0.39 is 0 Å². The van der Waals surface area contributed by atoms with E-state index in [1.54, 1.807) is 0 Å². The quantitative estimate of drug-likeness (QED) is 0.178. The van der Waals surface area contributed by atoms with Gasteiger partial charge in [0.2, 0.25) is 5.91 Å². The van der Waals surface area contributed by atoms with Crippen LogP contribution in [-0.4, -0.2) is 26.6 Å².